The van der Waals surface area contributed by atoms with E-state index in [0.717, 1.165) is 27.8 Å². The van der Waals surface area contributed by atoms with Crippen molar-refractivity contribution in [1.82, 2.24) is 0 Å². The highest BCUT2D eigenvalue weighted by Crippen LogP contribution is 2.41. The van der Waals surface area contributed by atoms with Gasteiger partial charge in [0.1, 0.15) is 42.7 Å². The van der Waals surface area contributed by atoms with E-state index in [2.05, 4.69) is 0 Å². The molecule has 10 nitrogen and oxygen atoms in total. The van der Waals surface area contributed by atoms with Gasteiger partial charge in [-0.05, 0) is 33.4 Å². The van der Waals surface area contributed by atoms with Gasteiger partial charge in [0, 0.05) is 7.11 Å². The lowest BCUT2D eigenvalue weighted by atomic mass is 9.95. The van der Waals surface area contributed by atoms with Crippen LogP contribution in [0.25, 0.3) is 0 Å². The van der Waals surface area contributed by atoms with Crippen LogP contribution >= 0.6 is 0 Å². The van der Waals surface area contributed by atoms with Gasteiger partial charge in [0.2, 0.25) is 0 Å². The number of alkyl halides is 3. The molecule has 0 spiro atoms. The van der Waals surface area contributed by atoms with Gasteiger partial charge in [-0.15, -0.1) is 0 Å². The van der Waals surface area contributed by atoms with Crippen molar-refractivity contribution >= 4 is 0 Å². The summed E-state index contributed by atoms with van der Waals surface area (Å²) in [6.45, 7) is 0.130. The maximum atomic E-state index is 15.7. The average Bonchev–Trinajstić information content (AvgIpc) is 3.38. The molecule has 6 aromatic carbocycles. The number of halogens is 3. The molecule has 10 atom stereocenters. The molecular weight excluding hydrogens is 878 g/mol. The average molecular weight is 935 g/mol. The minimum Gasteiger partial charge on any atom is -0.374 e. The molecule has 2 aliphatic heterocycles. The number of methoxy groups -OCH3 is 1. The molecule has 2 fully saturated rings. The van der Waals surface area contributed by atoms with Crippen LogP contribution in [0, 0.1) is 0 Å². The summed E-state index contributed by atoms with van der Waals surface area (Å²) in [6, 6.07) is 56.2. The highest BCUT2D eigenvalue weighted by Gasteiger charge is 2.60. The molecule has 8 rings (SSSR count). The maximum Gasteiger partial charge on any atom is 0.417 e. The number of ether oxygens (including phenoxy) is 10. The van der Waals surface area contributed by atoms with Crippen LogP contribution in [0.5, 0.6) is 0 Å². The molecule has 0 aromatic heterocycles. The number of hydrogen-bond acceptors (Lipinski definition) is 10. The Hall–Kier alpha value is -5.29. The van der Waals surface area contributed by atoms with Gasteiger partial charge in [-0.3, -0.25) is 0 Å². The molecule has 68 heavy (non-hydrogen) atoms. The Labute approximate surface area is 395 Å². The topological polar surface area (TPSA) is 92.3 Å². The molecule has 358 valence electrons. The van der Waals surface area contributed by atoms with E-state index in [-0.39, 0.29) is 46.2 Å². The zero-order chi connectivity index (χ0) is 47.0. The van der Waals surface area contributed by atoms with Gasteiger partial charge in [-0.25, -0.2) is 0 Å². The molecule has 2 saturated heterocycles. The van der Waals surface area contributed by atoms with Gasteiger partial charge >= 0.3 is 6.18 Å². The monoisotopic (exact) mass is 934 g/mol. The Morgan fingerprint density at radius 3 is 1.07 bits per heavy atom. The standard InChI is InChI=1S/C55H57F3O10/c1-59-53-50(64-36-43-28-16-6-17-29-43)47(61-33-40-22-10-3-11-23-40)46(45(66-53)38-60-32-39-20-8-2-9-21-39)67-54-51(65-37-44-30-18-7-19-31-44)48(62-34-41-24-12-4-13-25-41)49(52(68-54)55(56,57)58)63-35-42-26-14-5-15-27-42/h2-31,45-54H,32-38H2,1H3/t45-,46-,47+,48-,49-,50-,51-,52-,53+,54-/m1/s1. The lowest BCUT2D eigenvalue weighted by Crippen LogP contribution is -2.67. The van der Waals surface area contributed by atoms with Crippen molar-refractivity contribution < 1.29 is 60.5 Å². The SMILES string of the molecule is CO[C@H]1O[C@H](COCc2ccccc2)[C@@H](O[C@@H]2O[C@@H](C(F)(F)F)[C@H](OCc3ccccc3)[C@@H](OCc3ccccc3)[C@H]2OCc2ccccc2)[C@H](OCc2ccccc2)[C@H]1OCc1ccccc1. The van der Waals surface area contributed by atoms with Crippen LogP contribution in [0.2, 0.25) is 0 Å². The molecule has 0 bridgehead atoms. The largest absolute Gasteiger partial charge is 0.417 e. The summed E-state index contributed by atoms with van der Waals surface area (Å²) in [5, 5.41) is 0. The first-order valence-corrected chi connectivity index (χ1v) is 22.8. The highest BCUT2D eigenvalue weighted by molar-refractivity contribution is 5.18. The van der Waals surface area contributed by atoms with E-state index in [1.54, 1.807) is 24.3 Å². The second kappa shape index (κ2) is 24.8. The second-order valence-electron chi connectivity index (χ2n) is 16.7. The fourth-order valence-electron chi connectivity index (χ4n) is 8.32. The van der Waals surface area contributed by atoms with Crippen molar-refractivity contribution in [2.45, 2.75) is 107 Å². The van der Waals surface area contributed by atoms with Crippen molar-refractivity contribution in [1.29, 1.82) is 0 Å². The normalized spacial score (nSPS) is 25.2. The first kappa shape index (κ1) is 49.1. The Morgan fingerprint density at radius 1 is 0.382 bits per heavy atom. The molecule has 6 aromatic rings. The Bertz CT molecular complexity index is 2320. The zero-order valence-corrected chi connectivity index (χ0v) is 37.8. The van der Waals surface area contributed by atoms with Gasteiger partial charge in [-0.1, -0.05) is 182 Å². The van der Waals surface area contributed by atoms with Crippen LogP contribution in [0.3, 0.4) is 0 Å². The van der Waals surface area contributed by atoms with E-state index in [1.165, 1.54) is 7.11 Å². The Morgan fingerprint density at radius 2 is 0.706 bits per heavy atom. The van der Waals surface area contributed by atoms with E-state index in [4.69, 9.17) is 47.4 Å². The first-order valence-electron chi connectivity index (χ1n) is 22.8. The van der Waals surface area contributed by atoms with Crippen molar-refractivity contribution in [2.75, 3.05) is 13.7 Å². The fourth-order valence-corrected chi connectivity index (χ4v) is 8.32. The zero-order valence-electron chi connectivity index (χ0n) is 37.8. The number of hydrogen-bond donors (Lipinski definition) is 0. The lowest BCUT2D eigenvalue weighted by molar-refractivity contribution is -0.397. The summed E-state index contributed by atoms with van der Waals surface area (Å²) >= 11 is 0. The van der Waals surface area contributed by atoms with Crippen molar-refractivity contribution in [3.05, 3.63) is 215 Å². The molecule has 13 heteroatoms. The van der Waals surface area contributed by atoms with Crippen LogP contribution in [-0.4, -0.2) is 81.3 Å². The maximum absolute atomic E-state index is 15.7. The molecular formula is C55H57F3O10. The molecule has 0 radical (unpaired) electrons. The molecule has 0 aliphatic carbocycles. The van der Waals surface area contributed by atoms with Crippen LogP contribution in [-0.2, 0) is 87.0 Å². The Balaban J connectivity index is 1.19. The van der Waals surface area contributed by atoms with E-state index in [0.29, 0.717) is 5.56 Å². The minimum atomic E-state index is -4.95. The van der Waals surface area contributed by atoms with Crippen LogP contribution in [0.15, 0.2) is 182 Å². The number of benzene rings is 6. The van der Waals surface area contributed by atoms with Crippen molar-refractivity contribution in [3.8, 4) is 0 Å². The highest BCUT2D eigenvalue weighted by atomic mass is 19.4. The Kier molecular flexibility index (Phi) is 17.9. The first-order chi connectivity index (χ1) is 33.3. The van der Waals surface area contributed by atoms with Crippen LogP contribution < -0.4 is 0 Å². The third kappa shape index (κ3) is 13.7. The minimum absolute atomic E-state index is 0.0186. The second-order valence-corrected chi connectivity index (χ2v) is 16.7. The van der Waals surface area contributed by atoms with E-state index in [9.17, 15) is 0 Å². The van der Waals surface area contributed by atoms with Crippen molar-refractivity contribution in [2.24, 2.45) is 0 Å². The molecule has 0 amide bonds. The van der Waals surface area contributed by atoms with Crippen molar-refractivity contribution in [3.63, 3.8) is 0 Å². The van der Waals surface area contributed by atoms with Gasteiger partial charge in [0.25, 0.3) is 0 Å². The summed E-state index contributed by atoms with van der Waals surface area (Å²) in [5.41, 5.74) is 4.78. The smallest absolute Gasteiger partial charge is 0.374 e. The van der Waals surface area contributed by atoms with E-state index >= 15 is 13.2 Å². The summed E-state index contributed by atoms with van der Waals surface area (Å²) in [4.78, 5) is 0. The predicted molar refractivity (Wildman–Crippen MR) is 246 cm³/mol. The van der Waals surface area contributed by atoms with E-state index < -0.39 is 67.6 Å². The fraction of sp³-hybridized carbons (Fsp3) is 0.345. The van der Waals surface area contributed by atoms with Gasteiger partial charge in [-0.2, -0.15) is 13.2 Å². The summed E-state index contributed by atoms with van der Waals surface area (Å²) < 4.78 is 112. The third-order valence-corrected chi connectivity index (χ3v) is 11.8. The third-order valence-electron chi connectivity index (χ3n) is 11.8. The van der Waals surface area contributed by atoms with Crippen LogP contribution in [0.4, 0.5) is 13.2 Å². The molecule has 2 heterocycles. The van der Waals surface area contributed by atoms with Gasteiger partial charge in [0.15, 0.2) is 18.7 Å². The molecule has 2 aliphatic rings. The lowest BCUT2D eigenvalue weighted by Gasteiger charge is -2.50. The van der Waals surface area contributed by atoms with E-state index in [1.807, 2.05) is 158 Å². The molecule has 0 N–H and O–H groups in total. The van der Waals surface area contributed by atoms with Crippen LogP contribution in [0.1, 0.15) is 33.4 Å². The molecule has 0 saturated carbocycles. The van der Waals surface area contributed by atoms with Gasteiger partial charge < -0.3 is 47.4 Å². The van der Waals surface area contributed by atoms with Gasteiger partial charge in [0.05, 0.1) is 46.2 Å². The predicted octanol–water partition coefficient (Wildman–Crippen LogP) is 10.2. The summed E-state index contributed by atoms with van der Waals surface area (Å²) in [7, 11) is 1.50. The summed E-state index contributed by atoms with van der Waals surface area (Å²) in [5.74, 6) is 0. The summed E-state index contributed by atoms with van der Waals surface area (Å²) in [6.07, 6.45) is -18.8. The number of rotatable bonds is 22. The molecule has 0 unspecified atom stereocenters. The quantitative estimate of drug-likeness (QED) is 0.0655.